The van der Waals surface area contributed by atoms with E-state index in [-0.39, 0.29) is 4.90 Å². The summed E-state index contributed by atoms with van der Waals surface area (Å²) in [4.78, 5) is 2.72. The number of aryl methyl sites for hydroxylation is 1. The molecule has 2 fully saturated rings. The van der Waals surface area contributed by atoms with Gasteiger partial charge in [-0.3, -0.25) is 4.90 Å². The number of rotatable bonds is 2. The lowest BCUT2D eigenvalue weighted by atomic mass is 10.2. The fraction of sp³-hybridized carbons (Fsp3) is 0.600. The smallest absolute Gasteiger partial charge is 0.245 e. The summed E-state index contributed by atoms with van der Waals surface area (Å²) in [5, 5.41) is 0. The van der Waals surface area contributed by atoms with Gasteiger partial charge < -0.3 is 5.73 Å². The predicted octanol–water partition coefficient (Wildman–Crippen LogP) is 1.44. The molecule has 5 nitrogen and oxygen atoms in total. The van der Waals surface area contributed by atoms with Gasteiger partial charge >= 0.3 is 0 Å². The van der Waals surface area contributed by atoms with E-state index in [0.717, 1.165) is 31.5 Å². The lowest BCUT2D eigenvalue weighted by Crippen LogP contribution is -2.40. The number of hydrogen-bond acceptors (Lipinski definition) is 4. The zero-order valence-corrected chi connectivity index (χ0v) is 13.3. The van der Waals surface area contributed by atoms with Crippen LogP contribution in [0.4, 0.5) is 5.69 Å². The van der Waals surface area contributed by atoms with Gasteiger partial charge in [0.25, 0.3) is 0 Å². The Labute approximate surface area is 126 Å². The van der Waals surface area contributed by atoms with Gasteiger partial charge in [-0.1, -0.05) is 12.1 Å². The first-order chi connectivity index (χ1) is 10.00. The average molecular weight is 309 g/mol. The molecule has 1 atom stereocenters. The van der Waals surface area contributed by atoms with E-state index in [0.29, 0.717) is 24.8 Å². The first-order valence-electron chi connectivity index (χ1n) is 7.59. The monoisotopic (exact) mass is 309 g/mol. The van der Waals surface area contributed by atoms with Crippen LogP contribution in [0.2, 0.25) is 0 Å². The molecule has 1 unspecified atom stereocenters. The summed E-state index contributed by atoms with van der Waals surface area (Å²) >= 11 is 0. The third kappa shape index (κ3) is 2.67. The van der Waals surface area contributed by atoms with Gasteiger partial charge in [-0.2, -0.15) is 4.31 Å². The highest BCUT2D eigenvalue weighted by atomic mass is 32.2. The van der Waals surface area contributed by atoms with Crippen molar-refractivity contribution in [3.63, 3.8) is 0 Å². The minimum absolute atomic E-state index is 0.288. The van der Waals surface area contributed by atoms with E-state index in [1.165, 1.54) is 6.42 Å². The van der Waals surface area contributed by atoms with Crippen LogP contribution in [-0.4, -0.2) is 49.8 Å². The van der Waals surface area contributed by atoms with Gasteiger partial charge in [0.2, 0.25) is 10.0 Å². The van der Waals surface area contributed by atoms with E-state index in [9.17, 15) is 8.42 Å². The first-order valence-corrected chi connectivity index (χ1v) is 9.03. The molecular weight excluding hydrogens is 286 g/mol. The van der Waals surface area contributed by atoms with Gasteiger partial charge in [-0.25, -0.2) is 8.42 Å². The summed E-state index contributed by atoms with van der Waals surface area (Å²) in [6.45, 7) is 5.09. The largest absolute Gasteiger partial charge is 0.398 e. The summed E-state index contributed by atoms with van der Waals surface area (Å²) in [5.74, 6) is 0. The maximum absolute atomic E-state index is 13.0. The van der Waals surface area contributed by atoms with Gasteiger partial charge in [-0.05, 0) is 50.9 Å². The molecule has 2 aliphatic rings. The Morgan fingerprint density at radius 1 is 1.19 bits per heavy atom. The van der Waals surface area contributed by atoms with Gasteiger partial charge in [0.1, 0.15) is 4.90 Å². The molecule has 21 heavy (non-hydrogen) atoms. The molecule has 0 aliphatic carbocycles. The van der Waals surface area contributed by atoms with Crippen molar-refractivity contribution >= 4 is 15.7 Å². The number of nitrogens with zero attached hydrogens (tertiary/aromatic N) is 2. The van der Waals surface area contributed by atoms with E-state index in [2.05, 4.69) is 4.90 Å². The molecule has 1 aromatic carbocycles. The molecule has 0 saturated carbocycles. The molecule has 0 bridgehead atoms. The Morgan fingerprint density at radius 2 is 1.95 bits per heavy atom. The summed E-state index contributed by atoms with van der Waals surface area (Å²) in [6.07, 6.45) is 3.15. The zero-order valence-electron chi connectivity index (χ0n) is 12.5. The standard InChI is InChI=1S/C15H23N3O2S/c1-12-5-2-7-14(16)15(12)21(19,20)18-10-4-9-17-8-3-6-13(17)11-18/h2,5,7,13H,3-4,6,8-11,16H2,1H3. The Hall–Kier alpha value is -1.11. The molecule has 2 saturated heterocycles. The maximum atomic E-state index is 13.0. The molecule has 0 radical (unpaired) electrons. The normalized spacial score (nSPS) is 24.7. The second-order valence-electron chi connectivity index (χ2n) is 6.04. The summed E-state index contributed by atoms with van der Waals surface area (Å²) < 4.78 is 27.6. The molecule has 2 heterocycles. The van der Waals surface area contributed by atoms with Crippen LogP contribution in [0, 0.1) is 6.92 Å². The molecule has 2 aliphatic heterocycles. The second kappa shape index (κ2) is 5.59. The highest BCUT2D eigenvalue weighted by Crippen LogP contribution is 2.29. The highest BCUT2D eigenvalue weighted by molar-refractivity contribution is 7.89. The third-order valence-corrected chi connectivity index (χ3v) is 6.69. The molecule has 6 heteroatoms. The topological polar surface area (TPSA) is 66.6 Å². The van der Waals surface area contributed by atoms with E-state index in [4.69, 9.17) is 5.73 Å². The number of fused-ring (bicyclic) bond motifs is 1. The molecule has 1 aromatic rings. The molecular formula is C15H23N3O2S. The highest BCUT2D eigenvalue weighted by Gasteiger charge is 2.35. The van der Waals surface area contributed by atoms with Gasteiger partial charge in [0.15, 0.2) is 0 Å². The van der Waals surface area contributed by atoms with Crippen molar-refractivity contribution in [1.82, 2.24) is 9.21 Å². The number of benzene rings is 1. The van der Waals surface area contributed by atoms with Crippen LogP contribution in [-0.2, 0) is 10.0 Å². The second-order valence-corrected chi connectivity index (χ2v) is 7.92. The molecule has 0 amide bonds. The first kappa shape index (κ1) is 14.8. The van der Waals surface area contributed by atoms with Crippen molar-refractivity contribution in [2.24, 2.45) is 0 Å². The number of hydrogen-bond donors (Lipinski definition) is 1. The predicted molar refractivity (Wildman–Crippen MR) is 83.6 cm³/mol. The van der Waals surface area contributed by atoms with Crippen LogP contribution in [0.3, 0.4) is 0 Å². The van der Waals surface area contributed by atoms with Gasteiger partial charge in [0, 0.05) is 19.1 Å². The van der Waals surface area contributed by atoms with E-state index < -0.39 is 10.0 Å². The van der Waals surface area contributed by atoms with Crippen LogP contribution < -0.4 is 5.73 Å². The van der Waals surface area contributed by atoms with Crippen molar-refractivity contribution in [2.45, 2.75) is 37.1 Å². The molecule has 2 N–H and O–H groups in total. The molecule has 116 valence electrons. The van der Waals surface area contributed by atoms with Crippen LogP contribution in [0.5, 0.6) is 0 Å². The number of nitrogen functional groups attached to an aromatic ring is 1. The minimum atomic E-state index is -3.50. The SMILES string of the molecule is Cc1cccc(N)c1S(=O)(=O)N1CCCN2CCCC2C1. The van der Waals surface area contributed by atoms with Crippen LogP contribution >= 0.6 is 0 Å². The van der Waals surface area contributed by atoms with Gasteiger partial charge in [-0.15, -0.1) is 0 Å². The van der Waals surface area contributed by atoms with Crippen molar-refractivity contribution < 1.29 is 8.42 Å². The Balaban J connectivity index is 1.94. The lowest BCUT2D eigenvalue weighted by molar-refractivity contribution is 0.257. The van der Waals surface area contributed by atoms with E-state index in [1.54, 1.807) is 16.4 Å². The summed E-state index contributed by atoms with van der Waals surface area (Å²) in [5.41, 5.74) is 7.02. The zero-order chi connectivity index (χ0) is 15.0. The average Bonchev–Trinajstić information content (AvgIpc) is 2.75. The van der Waals surface area contributed by atoms with Crippen LogP contribution in [0.1, 0.15) is 24.8 Å². The van der Waals surface area contributed by atoms with E-state index >= 15 is 0 Å². The molecule has 0 aromatic heterocycles. The molecule has 0 spiro atoms. The minimum Gasteiger partial charge on any atom is -0.398 e. The number of nitrogens with two attached hydrogens (primary N) is 1. The quantitative estimate of drug-likeness (QED) is 0.840. The Bertz CT molecular complexity index is 610. The maximum Gasteiger partial charge on any atom is 0.245 e. The van der Waals surface area contributed by atoms with Crippen molar-refractivity contribution in [3.8, 4) is 0 Å². The van der Waals surface area contributed by atoms with Crippen molar-refractivity contribution in [1.29, 1.82) is 0 Å². The van der Waals surface area contributed by atoms with E-state index in [1.807, 2.05) is 13.0 Å². The fourth-order valence-electron chi connectivity index (χ4n) is 3.55. The van der Waals surface area contributed by atoms with Gasteiger partial charge in [0.05, 0.1) is 5.69 Å². The summed E-state index contributed by atoms with van der Waals surface area (Å²) in [7, 11) is -3.50. The molecule has 3 rings (SSSR count). The Morgan fingerprint density at radius 3 is 2.71 bits per heavy atom. The third-order valence-electron chi connectivity index (χ3n) is 4.61. The summed E-state index contributed by atoms with van der Waals surface area (Å²) in [6, 6.07) is 5.64. The fourth-order valence-corrected chi connectivity index (χ4v) is 5.38. The Kier molecular flexibility index (Phi) is 3.94. The number of anilines is 1. The van der Waals surface area contributed by atoms with Crippen LogP contribution in [0.25, 0.3) is 0 Å². The van der Waals surface area contributed by atoms with Crippen LogP contribution in [0.15, 0.2) is 23.1 Å². The number of sulfonamides is 1. The van der Waals surface area contributed by atoms with Crippen molar-refractivity contribution in [2.75, 3.05) is 31.9 Å². The lowest BCUT2D eigenvalue weighted by Gasteiger charge is -2.26. The van der Waals surface area contributed by atoms with Crippen molar-refractivity contribution in [3.05, 3.63) is 23.8 Å².